The van der Waals surface area contributed by atoms with Crippen LogP contribution in [0.1, 0.15) is 18.9 Å². The number of carbonyl (C=O) groups excluding carboxylic acids is 2. The van der Waals surface area contributed by atoms with Gasteiger partial charge in [0, 0.05) is 12.6 Å². The minimum absolute atomic E-state index is 0.149. The number of esters is 1. The first-order valence-electron chi connectivity index (χ1n) is 8.51. The molecule has 7 nitrogen and oxygen atoms in total. The molecule has 1 N–H and O–H groups in total. The SMILES string of the molecule is C[C@@H](OC(=O)CCc1ccc2c(c1)OCCO2)C(=O)Nc1ccc(Cl)cn1. The topological polar surface area (TPSA) is 86.8 Å². The maximum atomic E-state index is 12.1. The third-order valence-electron chi connectivity index (χ3n) is 3.88. The number of fused-ring (bicyclic) bond motifs is 1. The Morgan fingerprint density at radius 1 is 1.22 bits per heavy atom. The molecule has 142 valence electrons. The summed E-state index contributed by atoms with van der Waals surface area (Å²) in [6, 6.07) is 8.72. The smallest absolute Gasteiger partial charge is 0.306 e. The third-order valence-corrected chi connectivity index (χ3v) is 4.10. The molecule has 1 aliphatic rings. The zero-order valence-corrected chi connectivity index (χ0v) is 15.5. The lowest BCUT2D eigenvalue weighted by Gasteiger charge is -2.19. The zero-order chi connectivity index (χ0) is 19.2. The average Bonchev–Trinajstić information content (AvgIpc) is 2.68. The van der Waals surface area contributed by atoms with Gasteiger partial charge in [0.05, 0.1) is 5.02 Å². The van der Waals surface area contributed by atoms with Crippen molar-refractivity contribution >= 4 is 29.3 Å². The van der Waals surface area contributed by atoms with Crippen molar-refractivity contribution in [3.63, 3.8) is 0 Å². The fourth-order valence-corrected chi connectivity index (χ4v) is 2.59. The molecule has 0 spiro atoms. The summed E-state index contributed by atoms with van der Waals surface area (Å²) in [4.78, 5) is 28.1. The predicted octanol–water partition coefficient (Wildman–Crippen LogP) is 3.01. The van der Waals surface area contributed by atoms with Gasteiger partial charge < -0.3 is 19.5 Å². The van der Waals surface area contributed by atoms with Crippen molar-refractivity contribution in [2.75, 3.05) is 18.5 Å². The molecular formula is C19H19ClN2O5. The fourth-order valence-electron chi connectivity index (χ4n) is 2.48. The van der Waals surface area contributed by atoms with E-state index < -0.39 is 18.0 Å². The van der Waals surface area contributed by atoms with Crippen molar-refractivity contribution < 1.29 is 23.8 Å². The number of carbonyl (C=O) groups is 2. The highest BCUT2D eigenvalue weighted by atomic mass is 35.5. The summed E-state index contributed by atoms with van der Waals surface area (Å²) >= 11 is 5.74. The summed E-state index contributed by atoms with van der Waals surface area (Å²) in [6.07, 6.45) is 1.11. The molecule has 1 aliphatic heterocycles. The van der Waals surface area contributed by atoms with Gasteiger partial charge in [0.15, 0.2) is 17.6 Å². The maximum Gasteiger partial charge on any atom is 0.306 e. The second-order valence-corrected chi connectivity index (χ2v) is 6.40. The highest BCUT2D eigenvalue weighted by Gasteiger charge is 2.19. The minimum atomic E-state index is -0.935. The fraction of sp³-hybridized carbons (Fsp3) is 0.316. The standard InChI is InChI=1S/C19H19ClN2O5/c1-12(19(24)22-17-6-4-14(20)11-21-17)27-18(23)7-3-13-2-5-15-16(10-13)26-9-8-25-15/h2,4-6,10-12H,3,7-9H2,1H3,(H,21,22,24)/t12-/m1/s1. The van der Waals surface area contributed by atoms with E-state index in [9.17, 15) is 9.59 Å². The van der Waals surface area contributed by atoms with Crippen LogP contribution in [0.5, 0.6) is 11.5 Å². The molecule has 27 heavy (non-hydrogen) atoms. The van der Waals surface area contributed by atoms with E-state index in [-0.39, 0.29) is 6.42 Å². The van der Waals surface area contributed by atoms with E-state index in [1.807, 2.05) is 18.2 Å². The van der Waals surface area contributed by atoms with Gasteiger partial charge in [0.1, 0.15) is 19.0 Å². The number of aromatic nitrogens is 1. The Morgan fingerprint density at radius 3 is 2.74 bits per heavy atom. The Bertz CT molecular complexity index is 825. The minimum Gasteiger partial charge on any atom is -0.486 e. The van der Waals surface area contributed by atoms with E-state index in [0.717, 1.165) is 5.56 Å². The first-order valence-corrected chi connectivity index (χ1v) is 8.89. The van der Waals surface area contributed by atoms with E-state index in [4.69, 9.17) is 25.8 Å². The number of nitrogens with zero attached hydrogens (tertiary/aromatic N) is 1. The summed E-state index contributed by atoms with van der Waals surface area (Å²) in [5, 5.41) is 3.03. The number of pyridine rings is 1. The van der Waals surface area contributed by atoms with E-state index in [2.05, 4.69) is 10.3 Å². The summed E-state index contributed by atoms with van der Waals surface area (Å²) < 4.78 is 16.2. The first-order chi connectivity index (χ1) is 13.0. The third kappa shape index (κ3) is 5.34. The highest BCUT2D eigenvalue weighted by Crippen LogP contribution is 2.31. The number of hydrogen-bond donors (Lipinski definition) is 1. The largest absolute Gasteiger partial charge is 0.486 e. The van der Waals surface area contributed by atoms with Crippen LogP contribution in [0.4, 0.5) is 5.82 Å². The molecule has 0 saturated carbocycles. The summed E-state index contributed by atoms with van der Waals surface area (Å²) in [7, 11) is 0. The normalized spacial score (nSPS) is 13.6. The number of rotatable bonds is 6. The van der Waals surface area contributed by atoms with Crippen molar-refractivity contribution in [3.8, 4) is 11.5 Å². The van der Waals surface area contributed by atoms with E-state index >= 15 is 0 Å². The van der Waals surface area contributed by atoms with Gasteiger partial charge in [-0.2, -0.15) is 0 Å². The highest BCUT2D eigenvalue weighted by molar-refractivity contribution is 6.30. The second-order valence-electron chi connectivity index (χ2n) is 5.96. The maximum absolute atomic E-state index is 12.1. The summed E-state index contributed by atoms with van der Waals surface area (Å²) in [6.45, 7) is 2.55. The van der Waals surface area contributed by atoms with Gasteiger partial charge >= 0.3 is 5.97 Å². The lowest BCUT2D eigenvalue weighted by molar-refractivity contribution is -0.153. The molecule has 0 fully saturated rings. The predicted molar refractivity (Wildman–Crippen MR) is 99.2 cm³/mol. The van der Waals surface area contributed by atoms with Gasteiger partial charge in [-0.3, -0.25) is 9.59 Å². The number of nitrogens with one attached hydrogen (secondary N) is 1. The van der Waals surface area contributed by atoms with Crippen LogP contribution >= 0.6 is 11.6 Å². The Balaban J connectivity index is 1.47. The number of ether oxygens (including phenoxy) is 3. The quantitative estimate of drug-likeness (QED) is 0.763. The zero-order valence-electron chi connectivity index (χ0n) is 14.7. The van der Waals surface area contributed by atoms with E-state index in [1.165, 1.54) is 13.1 Å². The monoisotopic (exact) mass is 390 g/mol. The van der Waals surface area contributed by atoms with Crippen molar-refractivity contribution in [2.45, 2.75) is 25.9 Å². The Hall–Kier alpha value is -2.80. The van der Waals surface area contributed by atoms with Gasteiger partial charge in [-0.15, -0.1) is 0 Å². The Kier molecular flexibility index (Phi) is 6.13. The molecule has 0 aliphatic carbocycles. The molecule has 2 heterocycles. The van der Waals surface area contributed by atoms with Gasteiger partial charge in [-0.1, -0.05) is 17.7 Å². The van der Waals surface area contributed by atoms with Gasteiger partial charge in [-0.05, 0) is 43.2 Å². The molecule has 8 heteroatoms. The van der Waals surface area contributed by atoms with Crippen LogP contribution < -0.4 is 14.8 Å². The van der Waals surface area contributed by atoms with Crippen LogP contribution in [0.15, 0.2) is 36.5 Å². The second kappa shape index (κ2) is 8.73. The Morgan fingerprint density at radius 2 is 2.00 bits per heavy atom. The summed E-state index contributed by atoms with van der Waals surface area (Å²) in [5.41, 5.74) is 0.929. The number of aryl methyl sites for hydroxylation is 1. The lowest BCUT2D eigenvalue weighted by Crippen LogP contribution is -2.30. The molecule has 1 aromatic carbocycles. The van der Waals surface area contributed by atoms with Crippen LogP contribution in [0.3, 0.4) is 0 Å². The molecular weight excluding hydrogens is 372 g/mol. The van der Waals surface area contributed by atoms with Crippen molar-refractivity contribution in [2.24, 2.45) is 0 Å². The van der Waals surface area contributed by atoms with Crippen molar-refractivity contribution in [3.05, 3.63) is 47.1 Å². The number of benzene rings is 1. The molecule has 0 saturated heterocycles. The number of anilines is 1. The number of halogens is 1. The van der Waals surface area contributed by atoms with Crippen molar-refractivity contribution in [1.82, 2.24) is 4.98 Å². The van der Waals surface area contributed by atoms with E-state index in [0.29, 0.717) is 42.0 Å². The molecule has 3 rings (SSSR count). The number of hydrogen-bond acceptors (Lipinski definition) is 6. The molecule has 1 atom stereocenters. The van der Waals surface area contributed by atoms with Crippen LogP contribution in [0.2, 0.25) is 5.02 Å². The van der Waals surface area contributed by atoms with Crippen LogP contribution in [-0.4, -0.2) is 36.2 Å². The van der Waals surface area contributed by atoms with Crippen molar-refractivity contribution in [1.29, 1.82) is 0 Å². The molecule has 1 amide bonds. The van der Waals surface area contributed by atoms with Crippen LogP contribution in [0.25, 0.3) is 0 Å². The van der Waals surface area contributed by atoms with Gasteiger partial charge in [0.2, 0.25) is 0 Å². The summed E-state index contributed by atoms with van der Waals surface area (Å²) in [5.74, 6) is 0.793. The molecule has 0 unspecified atom stereocenters. The van der Waals surface area contributed by atoms with Crippen LogP contribution in [0, 0.1) is 0 Å². The molecule has 0 radical (unpaired) electrons. The Labute approximate surface area is 161 Å². The molecule has 0 bridgehead atoms. The number of amides is 1. The lowest BCUT2D eigenvalue weighted by atomic mass is 10.1. The average molecular weight is 391 g/mol. The van der Waals surface area contributed by atoms with Crippen LogP contribution in [-0.2, 0) is 20.7 Å². The van der Waals surface area contributed by atoms with Gasteiger partial charge in [-0.25, -0.2) is 4.98 Å². The first kappa shape index (κ1) is 19.0. The van der Waals surface area contributed by atoms with E-state index in [1.54, 1.807) is 12.1 Å². The van der Waals surface area contributed by atoms with Gasteiger partial charge in [0.25, 0.3) is 5.91 Å². The molecule has 2 aromatic rings. The molecule has 1 aromatic heterocycles.